The topological polar surface area (TPSA) is 66.5 Å². The Hall–Kier alpha value is -2.34. The zero-order valence-corrected chi connectivity index (χ0v) is 16.3. The van der Waals surface area contributed by atoms with E-state index in [9.17, 15) is 13.2 Å². The second-order valence-corrected chi connectivity index (χ2v) is 8.92. The third-order valence-electron chi connectivity index (χ3n) is 4.78. The van der Waals surface area contributed by atoms with Crippen LogP contribution < -0.4 is 9.62 Å². The largest absolute Gasteiger partial charge is 0.346 e. The molecular formula is C20H24N2O3S. The van der Waals surface area contributed by atoms with Crippen molar-refractivity contribution in [2.75, 3.05) is 10.6 Å². The molecule has 0 saturated carbocycles. The summed E-state index contributed by atoms with van der Waals surface area (Å²) in [6.07, 6.45) is 1.82. The summed E-state index contributed by atoms with van der Waals surface area (Å²) < 4.78 is 25.4. The summed E-state index contributed by atoms with van der Waals surface area (Å²) in [5.74, 6) is -0.161. The van der Waals surface area contributed by atoms with E-state index in [2.05, 4.69) is 5.32 Å². The molecule has 26 heavy (non-hydrogen) atoms. The Morgan fingerprint density at radius 1 is 1.19 bits per heavy atom. The van der Waals surface area contributed by atoms with Gasteiger partial charge in [-0.15, -0.1) is 0 Å². The summed E-state index contributed by atoms with van der Waals surface area (Å²) in [5.41, 5.74) is 4.32. The van der Waals surface area contributed by atoms with E-state index in [1.54, 1.807) is 18.2 Å². The first-order valence-corrected chi connectivity index (χ1v) is 10.5. The minimum atomic E-state index is -3.32. The number of hydrogen-bond acceptors (Lipinski definition) is 3. The Morgan fingerprint density at radius 2 is 1.85 bits per heavy atom. The van der Waals surface area contributed by atoms with Crippen molar-refractivity contribution in [3.63, 3.8) is 0 Å². The van der Waals surface area contributed by atoms with Crippen molar-refractivity contribution in [2.45, 2.75) is 39.3 Å². The SMILES string of the molecule is Cc1ccc(C(C)NC(=O)c2ccc3c(c2)CC(C)N3S(C)(=O)=O)cc1. The van der Waals surface area contributed by atoms with Crippen molar-refractivity contribution in [1.29, 1.82) is 0 Å². The van der Waals surface area contributed by atoms with Gasteiger partial charge in [0.15, 0.2) is 0 Å². The van der Waals surface area contributed by atoms with E-state index in [0.29, 0.717) is 17.7 Å². The van der Waals surface area contributed by atoms with Crippen LogP contribution in [0.2, 0.25) is 0 Å². The zero-order chi connectivity index (χ0) is 19.1. The van der Waals surface area contributed by atoms with Crippen molar-refractivity contribution in [1.82, 2.24) is 5.32 Å². The van der Waals surface area contributed by atoms with Crippen LogP contribution >= 0.6 is 0 Å². The van der Waals surface area contributed by atoms with E-state index < -0.39 is 10.0 Å². The fourth-order valence-electron chi connectivity index (χ4n) is 3.47. The molecule has 0 spiro atoms. The highest BCUT2D eigenvalue weighted by Gasteiger charge is 2.32. The van der Waals surface area contributed by atoms with Gasteiger partial charge in [-0.25, -0.2) is 8.42 Å². The molecule has 1 heterocycles. The lowest BCUT2D eigenvalue weighted by atomic mass is 10.0. The molecule has 2 aromatic rings. The van der Waals surface area contributed by atoms with E-state index in [4.69, 9.17) is 0 Å². The van der Waals surface area contributed by atoms with Gasteiger partial charge in [0.2, 0.25) is 10.0 Å². The number of carbonyl (C=O) groups excluding carboxylic acids is 1. The molecule has 0 aromatic heterocycles. The number of nitrogens with zero attached hydrogens (tertiary/aromatic N) is 1. The number of hydrogen-bond donors (Lipinski definition) is 1. The first-order chi connectivity index (χ1) is 12.2. The fourth-order valence-corrected chi connectivity index (χ4v) is 4.73. The number of rotatable bonds is 4. The van der Waals surface area contributed by atoms with Crippen LogP contribution in [0.15, 0.2) is 42.5 Å². The van der Waals surface area contributed by atoms with Crippen LogP contribution in [0, 0.1) is 6.92 Å². The van der Waals surface area contributed by atoms with Crippen LogP contribution in [0.4, 0.5) is 5.69 Å². The van der Waals surface area contributed by atoms with Gasteiger partial charge in [-0.3, -0.25) is 9.10 Å². The molecule has 138 valence electrons. The smallest absolute Gasteiger partial charge is 0.251 e. The van der Waals surface area contributed by atoms with Crippen molar-refractivity contribution in [3.8, 4) is 0 Å². The molecule has 0 saturated heterocycles. The summed E-state index contributed by atoms with van der Waals surface area (Å²) in [6, 6.07) is 13.0. The van der Waals surface area contributed by atoms with E-state index in [1.165, 1.54) is 16.1 Å². The molecule has 0 bridgehead atoms. The van der Waals surface area contributed by atoms with Crippen LogP contribution in [0.5, 0.6) is 0 Å². The van der Waals surface area contributed by atoms with Crippen molar-refractivity contribution in [3.05, 3.63) is 64.7 Å². The molecule has 2 aromatic carbocycles. The van der Waals surface area contributed by atoms with E-state index >= 15 is 0 Å². The molecule has 3 rings (SSSR count). The second kappa shape index (κ2) is 6.76. The van der Waals surface area contributed by atoms with Gasteiger partial charge in [-0.2, -0.15) is 0 Å². The Kier molecular flexibility index (Phi) is 4.80. The molecule has 6 heteroatoms. The maximum absolute atomic E-state index is 12.6. The third kappa shape index (κ3) is 3.60. The van der Waals surface area contributed by atoms with Crippen LogP contribution in [0.1, 0.15) is 46.9 Å². The van der Waals surface area contributed by atoms with Gasteiger partial charge in [0.25, 0.3) is 5.91 Å². The zero-order valence-electron chi connectivity index (χ0n) is 15.5. The molecule has 1 amide bonds. The average Bonchev–Trinajstić information content (AvgIpc) is 2.90. The van der Waals surface area contributed by atoms with Gasteiger partial charge in [-0.1, -0.05) is 29.8 Å². The highest BCUT2D eigenvalue weighted by Crippen LogP contribution is 2.34. The standard InChI is InChI=1S/C20H24N2O3S/c1-13-5-7-16(8-6-13)15(3)21-20(23)17-9-10-19-18(12-17)11-14(2)22(19)26(4,24)25/h5-10,12,14-15H,11H2,1-4H3,(H,21,23). The van der Waals surface area contributed by atoms with Crippen LogP contribution in [0.25, 0.3) is 0 Å². The molecule has 2 unspecified atom stereocenters. The molecule has 1 aliphatic heterocycles. The lowest BCUT2D eigenvalue weighted by Crippen LogP contribution is -2.34. The maximum atomic E-state index is 12.6. The highest BCUT2D eigenvalue weighted by atomic mass is 32.2. The fraction of sp³-hybridized carbons (Fsp3) is 0.350. The predicted octanol–water partition coefficient (Wildman–Crippen LogP) is 3.20. The van der Waals surface area contributed by atoms with Gasteiger partial charge in [0.05, 0.1) is 18.0 Å². The molecule has 1 N–H and O–H groups in total. The molecule has 5 nitrogen and oxygen atoms in total. The minimum Gasteiger partial charge on any atom is -0.346 e. The number of aryl methyl sites for hydroxylation is 1. The molecule has 1 aliphatic rings. The number of sulfonamides is 1. The van der Waals surface area contributed by atoms with E-state index in [0.717, 1.165) is 11.1 Å². The first-order valence-electron chi connectivity index (χ1n) is 8.66. The second-order valence-electron chi connectivity index (χ2n) is 7.06. The predicted molar refractivity (Wildman–Crippen MR) is 104 cm³/mol. The minimum absolute atomic E-state index is 0.109. The number of benzene rings is 2. The summed E-state index contributed by atoms with van der Waals surface area (Å²) >= 11 is 0. The lowest BCUT2D eigenvalue weighted by Gasteiger charge is -2.22. The molecular weight excluding hydrogens is 348 g/mol. The summed E-state index contributed by atoms with van der Waals surface area (Å²) in [5, 5.41) is 3.00. The summed E-state index contributed by atoms with van der Waals surface area (Å²) in [7, 11) is -3.32. The Labute approximate surface area is 155 Å². The van der Waals surface area contributed by atoms with Crippen molar-refractivity contribution in [2.24, 2.45) is 0 Å². The lowest BCUT2D eigenvalue weighted by molar-refractivity contribution is 0.0940. The molecule has 0 fully saturated rings. The third-order valence-corrected chi connectivity index (χ3v) is 6.05. The monoisotopic (exact) mass is 372 g/mol. The number of carbonyl (C=O) groups is 1. The molecule has 0 radical (unpaired) electrons. The van der Waals surface area contributed by atoms with Crippen LogP contribution in [-0.2, 0) is 16.4 Å². The normalized spacial score (nSPS) is 17.7. The molecule has 0 aliphatic carbocycles. The van der Waals surface area contributed by atoms with Gasteiger partial charge in [0.1, 0.15) is 0 Å². The number of amides is 1. The quantitative estimate of drug-likeness (QED) is 0.896. The summed E-state index contributed by atoms with van der Waals surface area (Å²) in [6.45, 7) is 5.85. The van der Waals surface area contributed by atoms with Gasteiger partial charge < -0.3 is 5.32 Å². The van der Waals surface area contributed by atoms with E-state index in [1.807, 2.05) is 45.0 Å². The Morgan fingerprint density at radius 3 is 2.46 bits per heavy atom. The van der Waals surface area contributed by atoms with Crippen LogP contribution in [-0.4, -0.2) is 26.6 Å². The van der Waals surface area contributed by atoms with E-state index in [-0.39, 0.29) is 18.0 Å². The average molecular weight is 372 g/mol. The molecule has 2 atom stereocenters. The number of anilines is 1. The number of fused-ring (bicyclic) bond motifs is 1. The van der Waals surface area contributed by atoms with Crippen LogP contribution in [0.3, 0.4) is 0 Å². The van der Waals surface area contributed by atoms with Crippen molar-refractivity contribution >= 4 is 21.6 Å². The highest BCUT2D eigenvalue weighted by molar-refractivity contribution is 7.92. The van der Waals surface area contributed by atoms with Gasteiger partial charge in [-0.05, 0) is 56.5 Å². The Bertz CT molecular complexity index is 936. The number of nitrogens with one attached hydrogen (secondary N) is 1. The van der Waals surface area contributed by atoms with Gasteiger partial charge >= 0.3 is 0 Å². The van der Waals surface area contributed by atoms with Crippen molar-refractivity contribution < 1.29 is 13.2 Å². The summed E-state index contributed by atoms with van der Waals surface area (Å²) in [4.78, 5) is 12.6. The maximum Gasteiger partial charge on any atom is 0.251 e. The Balaban J connectivity index is 1.80. The first kappa shape index (κ1) is 18.5. The van der Waals surface area contributed by atoms with Gasteiger partial charge in [0, 0.05) is 11.6 Å².